The van der Waals surface area contributed by atoms with Crippen molar-refractivity contribution in [1.82, 2.24) is 0 Å². The Morgan fingerprint density at radius 3 is 1.71 bits per heavy atom. The third kappa shape index (κ3) is 6.05. The van der Waals surface area contributed by atoms with E-state index in [1.807, 2.05) is 0 Å². The topological polar surface area (TPSA) is 43.4 Å². The van der Waals surface area contributed by atoms with Gasteiger partial charge in [0.25, 0.3) is 0 Å². The highest BCUT2D eigenvalue weighted by Gasteiger charge is 2.34. The number of halogens is 4. The third-order valence-electron chi connectivity index (χ3n) is 3.44. The van der Waals surface area contributed by atoms with Gasteiger partial charge in [0.2, 0.25) is 0 Å². The second-order valence-corrected chi connectivity index (χ2v) is 5.45. The van der Waals surface area contributed by atoms with Crippen molar-refractivity contribution in [1.29, 1.82) is 0 Å². The van der Waals surface area contributed by atoms with Gasteiger partial charge in [0, 0.05) is 11.1 Å². The summed E-state index contributed by atoms with van der Waals surface area (Å²) in [6.45, 7) is 0. The fourth-order valence-electron chi connectivity index (χ4n) is 2.07. The molecule has 0 saturated carbocycles. The zero-order valence-corrected chi connectivity index (χ0v) is 14.3. The summed E-state index contributed by atoms with van der Waals surface area (Å²) in [5, 5.41) is 0. The van der Waals surface area contributed by atoms with Crippen LogP contribution in [0.5, 0.6) is 11.5 Å². The van der Waals surface area contributed by atoms with Crippen LogP contribution in [0.4, 0.5) is 17.6 Å². The summed E-state index contributed by atoms with van der Waals surface area (Å²) in [6.07, 6.45) is -3.15. The van der Waals surface area contributed by atoms with Crippen molar-refractivity contribution in [2.24, 2.45) is 0 Å². The summed E-state index contributed by atoms with van der Waals surface area (Å²) in [4.78, 5) is 20.5. The zero-order chi connectivity index (χ0) is 20.6. The van der Waals surface area contributed by atoms with Gasteiger partial charge in [-0.2, -0.15) is 13.2 Å². The van der Waals surface area contributed by atoms with Gasteiger partial charge < -0.3 is 4.74 Å². The second-order valence-electron chi connectivity index (χ2n) is 5.45. The average molecular weight is 390 g/mol. The molecule has 0 unspecified atom stereocenters. The first-order valence-corrected chi connectivity index (χ1v) is 7.93. The van der Waals surface area contributed by atoms with Crippen LogP contribution in [0.15, 0.2) is 72.8 Å². The zero-order valence-electron chi connectivity index (χ0n) is 14.3. The van der Waals surface area contributed by atoms with E-state index in [-0.39, 0.29) is 17.3 Å². The first kappa shape index (κ1) is 20.8. The lowest BCUT2D eigenvalue weighted by Crippen LogP contribution is -2.06. The Hall–Kier alpha value is -3.48. The van der Waals surface area contributed by atoms with Crippen LogP contribution in [0, 0.1) is 5.82 Å². The number of carbonyl (C=O) groups excluding carboxylic acids is 2. The molecule has 0 fully saturated rings. The Bertz CT molecular complexity index is 918. The van der Waals surface area contributed by atoms with E-state index in [9.17, 15) is 27.2 Å². The van der Waals surface area contributed by atoms with E-state index in [0.29, 0.717) is 23.7 Å². The van der Waals surface area contributed by atoms with Crippen molar-refractivity contribution >= 4 is 12.6 Å². The lowest BCUT2D eigenvalue weighted by Gasteiger charge is -2.13. The van der Waals surface area contributed by atoms with Crippen LogP contribution in [0.2, 0.25) is 0 Å². The highest BCUT2D eigenvalue weighted by atomic mass is 19.4. The molecule has 0 aliphatic carbocycles. The molecule has 0 amide bonds. The fraction of sp³-hybridized carbons (Fsp3) is 0.0476. The van der Waals surface area contributed by atoms with Crippen LogP contribution in [0.1, 0.15) is 26.3 Å². The maximum atomic E-state index is 12.7. The average Bonchev–Trinajstić information content (AvgIpc) is 2.69. The molecular formula is C21H14F4O3. The van der Waals surface area contributed by atoms with Gasteiger partial charge >= 0.3 is 6.18 Å². The van der Waals surface area contributed by atoms with E-state index >= 15 is 0 Å². The van der Waals surface area contributed by atoms with Crippen LogP contribution in [0.25, 0.3) is 0 Å². The number of carbonyl (C=O) groups is 2. The molecule has 0 saturated heterocycles. The second kappa shape index (κ2) is 9.45. The first-order chi connectivity index (χ1) is 13.3. The van der Waals surface area contributed by atoms with Gasteiger partial charge in [0.1, 0.15) is 29.9 Å². The fourth-order valence-corrected chi connectivity index (χ4v) is 2.07. The maximum absolute atomic E-state index is 12.7. The lowest BCUT2D eigenvalue weighted by atomic mass is 10.2. The van der Waals surface area contributed by atoms with Crippen molar-refractivity contribution in [2.75, 3.05) is 0 Å². The number of ether oxygens (including phenoxy) is 1. The number of para-hydroxylation sites is 1. The Morgan fingerprint density at radius 1 is 0.714 bits per heavy atom. The minimum absolute atomic E-state index is 0.238. The van der Waals surface area contributed by atoms with Gasteiger partial charge in [-0.1, -0.05) is 12.1 Å². The summed E-state index contributed by atoms with van der Waals surface area (Å²) in [5.74, 6) is -0.350. The first-order valence-electron chi connectivity index (χ1n) is 7.93. The number of benzene rings is 3. The molecule has 0 atom stereocenters. The SMILES string of the molecule is O=Cc1ccc(F)cc1.O=Cc1ccc(Oc2ccccc2C(F)(F)F)cc1. The van der Waals surface area contributed by atoms with Crippen molar-refractivity contribution < 1.29 is 31.9 Å². The Labute approximate surface area is 158 Å². The standard InChI is InChI=1S/C14H9F3O2.C7H5FO/c15-14(16,17)12-3-1-2-4-13(12)19-11-7-5-10(9-18)6-8-11;8-7-3-1-6(5-9)2-4-7/h1-9H;1-5H. The van der Waals surface area contributed by atoms with Gasteiger partial charge in [-0.3, -0.25) is 9.59 Å². The molecule has 0 aliphatic heterocycles. The lowest BCUT2D eigenvalue weighted by molar-refractivity contribution is -0.138. The van der Waals surface area contributed by atoms with Crippen LogP contribution in [-0.4, -0.2) is 12.6 Å². The predicted octanol–water partition coefficient (Wildman–Crippen LogP) is 5.95. The molecule has 3 aromatic rings. The van der Waals surface area contributed by atoms with Gasteiger partial charge in [-0.15, -0.1) is 0 Å². The highest BCUT2D eigenvalue weighted by molar-refractivity contribution is 5.75. The Morgan fingerprint density at radius 2 is 1.21 bits per heavy atom. The van der Waals surface area contributed by atoms with E-state index in [1.54, 1.807) is 0 Å². The largest absolute Gasteiger partial charge is 0.457 e. The van der Waals surface area contributed by atoms with E-state index in [4.69, 9.17) is 4.74 Å². The van der Waals surface area contributed by atoms with Gasteiger partial charge in [0.15, 0.2) is 0 Å². The van der Waals surface area contributed by atoms with Crippen molar-refractivity contribution in [3.63, 3.8) is 0 Å². The van der Waals surface area contributed by atoms with E-state index < -0.39 is 11.7 Å². The summed E-state index contributed by atoms with van der Waals surface area (Å²) in [6, 6.07) is 16.2. The van der Waals surface area contributed by atoms with E-state index in [2.05, 4.69) is 0 Å². The predicted molar refractivity (Wildman–Crippen MR) is 95.1 cm³/mol. The molecule has 0 heterocycles. The van der Waals surface area contributed by atoms with Crippen LogP contribution >= 0.6 is 0 Å². The number of rotatable bonds is 4. The van der Waals surface area contributed by atoms with E-state index in [0.717, 1.165) is 6.07 Å². The number of hydrogen-bond acceptors (Lipinski definition) is 3. The normalized spacial score (nSPS) is 10.4. The molecular weight excluding hydrogens is 376 g/mol. The van der Waals surface area contributed by atoms with Crippen LogP contribution in [0.3, 0.4) is 0 Å². The summed E-state index contributed by atoms with van der Waals surface area (Å²) < 4.78 is 55.5. The molecule has 0 radical (unpaired) electrons. The van der Waals surface area contributed by atoms with E-state index in [1.165, 1.54) is 66.7 Å². The number of alkyl halides is 3. The van der Waals surface area contributed by atoms with Crippen LogP contribution in [-0.2, 0) is 6.18 Å². The monoisotopic (exact) mass is 390 g/mol. The molecule has 0 aromatic heterocycles. The molecule has 0 spiro atoms. The van der Waals surface area contributed by atoms with Crippen molar-refractivity contribution in [2.45, 2.75) is 6.18 Å². The highest BCUT2D eigenvalue weighted by Crippen LogP contribution is 2.37. The molecule has 3 nitrogen and oxygen atoms in total. The summed E-state index contributed by atoms with van der Waals surface area (Å²) in [5.41, 5.74) is 0.0855. The molecule has 28 heavy (non-hydrogen) atoms. The smallest absolute Gasteiger partial charge is 0.419 e. The van der Waals surface area contributed by atoms with Crippen molar-refractivity contribution in [3.8, 4) is 11.5 Å². The molecule has 3 aromatic carbocycles. The summed E-state index contributed by atoms with van der Waals surface area (Å²) >= 11 is 0. The quantitative estimate of drug-likeness (QED) is 0.409. The number of aldehydes is 2. The minimum Gasteiger partial charge on any atom is -0.457 e. The molecule has 0 N–H and O–H groups in total. The molecule has 3 rings (SSSR count). The molecule has 0 bridgehead atoms. The van der Waals surface area contributed by atoms with Crippen LogP contribution < -0.4 is 4.74 Å². The minimum atomic E-state index is -4.47. The Balaban J connectivity index is 0.000000261. The molecule has 0 aliphatic rings. The van der Waals surface area contributed by atoms with Gasteiger partial charge in [-0.25, -0.2) is 4.39 Å². The van der Waals surface area contributed by atoms with Gasteiger partial charge in [0.05, 0.1) is 5.56 Å². The van der Waals surface area contributed by atoms with Crippen molar-refractivity contribution in [3.05, 3.63) is 95.3 Å². The maximum Gasteiger partial charge on any atom is 0.419 e. The van der Waals surface area contributed by atoms with Gasteiger partial charge in [-0.05, 0) is 60.7 Å². The molecule has 144 valence electrons. The molecule has 7 heteroatoms. The third-order valence-corrected chi connectivity index (χ3v) is 3.44. The summed E-state index contributed by atoms with van der Waals surface area (Å²) in [7, 11) is 0. The number of hydrogen-bond donors (Lipinski definition) is 0. The Kier molecular flexibility index (Phi) is 7.03.